The standard InChI is InChI=1S/C16H20N2O/c1-4-18-14-8-7-11(2)10-13(14)12-6-5-9-17(3)16(19)15(12)18/h7-8,10H,4-6,9H2,1-3H3. The average molecular weight is 256 g/mol. The fourth-order valence-electron chi connectivity index (χ4n) is 3.14. The summed E-state index contributed by atoms with van der Waals surface area (Å²) in [5.74, 6) is 0.170. The molecule has 0 radical (unpaired) electrons. The number of benzene rings is 1. The second-order valence-corrected chi connectivity index (χ2v) is 5.42. The summed E-state index contributed by atoms with van der Waals surface area (Å²) in [4.78, 5) is 14.4. The molecule has 100 valence electrons. The van der Waals surface area contributed by atoms with E-state index in [1.165, 1.54) is 22.0 Å². The van der Waals surface area contributed by atoms with Crippen LogP contribution in [0.15, 0.2) is 18.2 Å². The van der Waals surface area contributed by atoms with Crippen LogP contribution in [0, 0.1) is 6.92 Å². The number of fused-ring (bicyclic) bond motifs is 3. The highest BCUT2D eigenvalue weighted by atomic mass is 16.2. The van der Waals surface area contributed by atoms with E-state index >= 15 is 0 Å². The smallest absolute Gasteiger partial charge is 0.270 e. The molecule has 0 aliphatic carbocycles. The van der Waals surface area contributed by atoms with Crippen molar-refractivity contribution in [2.45, 2.75) is 33.2 Å². The van der Waals surface area contributed by atoms with Crippen LogP contribution in [0.4, 0.5) is 0 Å². The van der Waals surface area contributed by atoms with Gasteiger partial charge in [0.05, 0.1) is 0 Å². The molecule has 1 aliphatic heterocycles. The molecule has 3 nitrogen and oxygen atoms in total. The van der Waals surface area contributed by atoms with Gasteiger partial charge in [-0.05, 0) is 44.4 Å². The maximum Gasteiger partial charge on any atom is 0.270 e. The third-order valence-corrected chi connectivity index (χ3v) is 4.11. The van der Waals surface area contributed by atoms with Crippen molar-refractivity contribution in [3.63, 3.8) is 0 Å². The predicted molar refractivity (Wildman–Crippen MR) is 77.6 cm³/mol. The second kappa shape index (κ2) is 4.41. The molecule has 1 aromatic carbocycles. The third-order valence-electron chi connectivity index (χ3n) is 4.11. The van der Waals surface area contributed by atoms with Gasteiger partial charge in [-0.3, -0.25) is 4.79 Å². The quantitative estimate of drug-likeness (QED) is 0.770. The Hall–Kier alpha value is -1.77. The van der Waals surface area contributed by atoms with E-state index in [2.05, 4.69) is 36.6 Å². The van der Waals surface area contributed by atoms with Gasteiger partial charge in [-0.15, -0.1) is 0 Å². The highest BCUT2D eigenvalue weighted by Crippen LogP contribution is 2.31. The highest BCUT2D eigenvalue weighted by molar-refractivity contribution is 6.02. The summed E-state index contributed by atoms with van der Waals surface area (Å²) in [7, 11) is 1.90. The van der Waals surface area contributed by atoms with Gasteiger partial charge >= 0.3 is 0 Å². The third kappa shape index (κ3) is 1.76. The lowest BCUT2D eigenvalue weighted by atomic mass is 10.0. The van der Waals surface area contributed by atoms with Crippen LogP contribution >= 0.6 is 0 Å². The van der Waals surface area contributed by atoms with E-state index in [1.807, 2.05) is 11.9 Å². The summed E-state index contributed by atoms with van der Waals surface area (Å²) in [6, 6.07) is 6.50. The van der Waals surface area contributed by atoms with Gasteiger partial charge in [0.1, 0.15) is 5.69 Å². The summed E-state index contributed by atoms with van der Waals surface area (Å²) >= 11 is 0. The SMILES string of the molecule is CCn1c2c(c3cc(C)ccc31)CCCN(C)C2=O. The van der Waals surface area contributed by atoms with Crippen molar-refractivity contribution < 1.29 is 4.79 Å². The Balaban J connectivity index is 2.37. The van der Waals surface area contributed by atoms with Gasteiger partial charge in [-0.2, -0.15) is 0 Å². The minimum atomic E-state index is 0.170. The van der Waals surface area contributed by atoms with Crippen molar-refractivity contribution >= 4 is 16.8 Å². The van der Waals surface area contributed by atoms with E-state index in [0.717, 1.165) is 31.6 Å². The number of amides is 1. The van der Waals surface area contributed by atoms with E-state index in [9.17, 15) is 4.79 Å². The molecule has 0 saturated heterocycles. The van der Waals surface area contributed by atoms with Gasteiger partial charge in [0, 0.05) is 31.0 Å². The van der Waals surface area contributed by atoms with E-state index in [0.29, 0.717) is 0 Å². The lowest BCUT2D eigenvalue weighted by Crippen LogP contribution is -2.28. The van der Waals surface area contributed by atoms with Crippen LogP contribution in [0.3, 0.4) is 0 Å². The molecule has 1 aliphatic rings. The molecule has 2 heterocycles. The van der Waals surface area contributed by atoms with Crippen molar-refractivity contribution in [1.29, 1.82) is 0 Å². The Bertz CT molecular complexity index is 654. The molecule has 0 bridgehead atoms. The van der Waals surface area contributed by atoms with Gasteiger partial charge < -0.3 is 9.47 Å². The Kier molecular flexibility index (Phi) is 2.85. The van der Waals surface area contributed by atoms with Crippen LogP contribution in [0.1, 0.15) is 35.0 Å². The molecule has 19 heavy (non-hydrogen) atoms. The summed E-state index contributed by atoms with van der Waals surface area (Å²) in [6.45, 7) is 5.91. The first kappa shape index (κ1) is 12.3. The lowest BCUT2D eigenvalue weighted by molar-refractivity contribution is 0.0790. The normalized spacial score (nSPS) is 15.7. The van der Waals surface area contributed by atoms with Crippen molar-refractivity contribution in [2.24, 2.45) is 0 Å². The molecule has 0 atom stereocenters. The van der Waals surface area contributed by atoms with Crippen LogP contribution < -0.4 is 0 Å². The molecule has 1 amide bonds. The van der Waals surface area contributed by atoms with Crippen molar-refractivity contribution in [2.75, 3.05) is 13.6 Å². The summed E-state index contributed by atoms with van der Waals surface area (Å²) in [5.41, 5.74) is 4.60. The van der Waals surface area contributed by atoms with Gasteiger partial charge in [-0.1, -0.05) is 11.6 Å². The van der Waals surface area contributed by atoms with Gasteiger partial charge in [0.2, 0.25) is 0 Å². The first-order valence-electron chi connectivity index (χ1n) is 7.00. The fourth-order valence-corrected chi connectivity index (χ4v) is 3.14. The summed E-state index contributed by atoms with van der Waals surface area (Å²) < 4.78 is 2.17. The monoisotopic (exact) mass is 256 g/mol. The van der Waals surface area contributed by atoms with Crippen molar-refractivity contribution in [1.82, 2.24) is 9.47 Å². The van der Waals surface area contributed by atoms with Gasteiger partial charge in [0.25, 0.3) is 5.91 Å². The molecular weight excluding hydrogens is 236 g/mol. The number of hydrogen-bond acceptors (Lipinski definition) is 1. The lowest BCUT2D eigenvalue weighted by Gasteiger charge is -2.15. The number of carbonyl (C=O) groups is 1. The molecule has 0 unspecified atom stereocenters. The zero-order chi connectivity index (χ0) is 13.6. The minimum absolute atomic E-state index is 0.170. The van der Waals surface area contributed by atoms with Crippen LogP contribution in [0.25, 0.3) is 10.9 Å². The van der Waals surface area contributed by atoms with E-state index in [-0.39, 0.29) is 5.91 Å². The highest BCUT2D eigenvalue weighted by Gasteiger charge is 2.26. The van der Waals surface area contributed by atoms with E-state index in [1.54, 1.807) is 0 Å². The number of aromatic nitrogens is 1. The Morgan fingerprint density at radius 3 is 2.84 bits per heavy atom. The topological polar surface area (TPSA) is 25.2 Å². The molecule has 0 fully saturated rings. The molecule has 1 aromatic heterocycles. The van der Waals surface area contributed by atoms with Gasteiger partial charge in [0.15, 0.2) is 0 Å². The van der Waals surface area contributed by atoms with E-state index < -0.39 is 0 Å². The van der Waals surface area contributed by atoms with Crippen LogP contribution in [-0.4, -0.2) is 29.0 Å². The number of rotatable bonds is 1. The van der Waals surface area contributed by atoms with Crippen LogP contribution in [-0.2, 0) is 13.0 Å². The molecule has 0 spiro atoms. The van der Waals surface area contributed by atoms with Gasteiger partial charge in [-0.25, -0.2) is 0 Å². The van der Waals surface area contributed by atoms with Crippen molar-refractivity contribution in [3.8, 4) is 0 Å². The number of aryl methyl sites for hydroxylation is 3. The van der Waals surface area contributed by atoms with Crippen molar-refractivity contribution in [3.05, 3.63) is 35.0 Å². The minimum Gasteiger partial charge on any atom is -0.340 e. The number of hydrogen-bond donors (Lipinski definition) is 0. The maximum atomic E-state index is 12.6. The predicted octanol–water partition coefficient (Wildman–Crippen LogP) is 2.99. The number of carbonyl (C=O) groups excluding carboxylic acids is 1. The summed E-state index contributed by atoms with van der Waals surface area (Å²) in [6.07, 6.45) is 2.05. The first-order chi connectivity index (χ1) is 9.13. The average Bonchev–Trinajstić information content (AvgIpc) is 2.62. The Morgan fingerprint density at radius 2 is 2.11 bits per heavy atom. The Labute approximate surface area is 113 Å². The van der Waals surface area contributed by atoms with Crippen LogP contribution in [0.2, 0.25) is 0 Å². The summed E-state index contributed by atoms with van der Waals surface area (Å²) in [5, 5.41) is 1.26. The molecule has 3 rings (SSSR count). The zero-order valence-corrected chi connectivity index (χ0v) is 11.9. The zero-order valence-electron chi connectivity index (χ0n) is 11.9. The molecule has 3 heteroatoms. The number of nitrogens with zero attached hydrogens (tertiary/aromatic N) is 2. The maximum absolute atomic E-state index is 12.6. The van der Waals surface area contributed by atoms with Crippen LogP contribution in [0.5, 0.6) is 0 Å². The first-order valence-corrected chi connectivity index (χ1v) is 7.00. The molecule has 0 N–H and O–H groups in total. The Morgan fingerprint density at radius 1 is 1.32 bits per heavy atom. The fraction of sp³-hybridized carbons (Fsp3) is 0.438. The van der Waals surface area contributed by atoms with E-state index in [4.69, 9.17) is 0 Å². The molecule has 0 saturated carbocycles. The molecular formula is C16H20N2O. The molecule has 2 aromatic rings. The second-order valence-electron chi connectivity index (χ2n) is 5.42. The largest absolute Gasteiger partial charge is 0.340 e.